The van der Waals surface area contributed by atoms with E-state index in [0.29, 0.717) is 37.4 Å². The number of nitrogens with one attached hydrogen (secondary N) is 1. The van der Waals surface area contributed by atoms with E-state index in [1.807, 2.05) is 12.1 Å². The van der Waals surface area contributed by atoms with Crippen molar-refractivity contribution in [1.82, 2.24) is 5.32 Å². The van der Waals surface area contributed by atoms with Crippen LogP contribution < -0.4 is 5.32 Å². The molecule has 0 amide bonds. The van der Waals surface area contributed by atoms with E-state index in [0.717, 1.165) is 17.7 Å². The second-order valence-corrected chi connectivity index (χ2v) is 9.42. The van der Waals surface area contributed by atoms with Gasteiger partial charge in [0, 0.05) is 6.54 Å². The van der Waals surface area contributed by atoms with Crippen molar-refractivity contribution in [2.45, 2.75) is 45.3 Å². The summed E-state index contributed by atoms with van der Waals surface area (Å²) in [5.74, 6) is -0.859. The minimum atomic E-state index is -4.53. The molecule has 2 aromatic carbocycles. The minimum Gasteiger partial charge on any atom is -0.312 e. The van der Waals surface area contributed by atoms with Crippen LogP contribution in [0.4, 0.5) is 17.6 Å². The highest BCUT2D eigenvalue weighted by Gasteiger charge is 2.31. The maximum atomic E-state index is 13.3. The largest absolute Gasteiger partial charge is 0.416 e. The van der Waals surface area contributed by atoms with Gasteiger partial charge >= 0.3 is 6.18 Å². The van der Waals surface area contributed by atoms with Gasteiger partial charge in [0.15, 0.2) is 0 Å². The maximum absolute atomic E-state index is 13.3. The fraction of sp³-hybridized carbons (Fsp3) is 0.429. The molecule has 9 heteroatoms. The van der Waals surface area contributed by atoms with Gasteiger partial charge in [-0.2, -0.15) is 21.6 Å². The Bertz CT molecular complexity index is 911. The van der Waals surface area contributed by atoms with E-state index >= 15 is 0 Å². The van der Waals surface area contributed by atoms with Crippen LogP contribution >= 0.6 is 0 Å². The molecule has 4 nitrogen and oxygen atoms in total. The summed E-state index contributed by atoms with van der Waals surface area (Å²) in [6, 6.07) is 10.9. The monoisotopic (exact) mass is 449 g/mol. The number of halogens is 4. The lowest BCUT2D eigenvalue weighted by molar-refractivity contribution is -0.137. The summed E-state index contributed by atoms with van der Waals surface area (Å²) in [6.07, 6.45) is -3.48. The molecule has 0 saturated carbocycles. The SMILES string of the molecule is CC(C)(C)c1ccc(CNCCc2cc(F)cc(C(F)(F)F)c2)cc1.CS(=O)(=O)O. The number of rotatable bonds is 5. The molecule has 30 heavy (non-hydrogen) atoms. The van der Waals surface area contributed by atoms with E-state index < -0.39 is 27.7 Å². The molecular weight excluding hydrogens is 422 g/mol. The van der Waals surface area contributed by atoms with Crippen molar-refractivity contribution in [3.8, 4) is 0 Å². The van der Waals surface area contributed by atoms with Gasteiger partial charge in [-0.15, -0.1) is 0 Å². The second-order valence-electron chi connectivity index (χ2n) is 7.95. The smallest absolute Gasteiger partial charge is 0.312 e. The van der Waals surface area contributed by atoms with Crippen molar-refractivity contribution < 1.29 is 30.5 Å². The molecule has 0 saturated heterocycles. The third-order valence-corrected chi connectivity index (χ3v) is 4.02. The lowest BCUT2D eigenvalue weighted by Gasteiger charge is -2.19. The summed E-state index contributed by atoms with van der Waals surface area (Å²) >= 11 is 0. The minimum absolute atomic E-state index is 0.0968. The Morgan fingerprint density at radius 2 is 1.47 bits per heavy atom. The molecule has 0 bridgehead atoms. The first-order valence-corrected chi connectivity index (χ1v) is 11.0. The third-order valence-electron chi connectivity index (χ3n) is 4.02. The van der Waals surface area contributed by atoms with Gasteiger partial charge in [0.25, 0.3) is 10.1 Å². The first-order valence-electron chi connectivity index (χ1n) is 9.15. The number of alkyl halides is 3. The van der Waals surface area contributed by atoms with Crippen LogP contribution in [-0.2, 0) is 34.7 Å². The van der Waals surface area contributed by atoms with Crippen molar-refractivity contribution in [2.75, 3.05) is 12.8 Å². The van der Waals surface area contributed by atoms with Crippen LogP contribution in [0.2, 0.25) is 0 Å². The van der Waals surface area contributed by atoms with Crippen LogP contribution in [0.1, 0.15) is 43.0 Å². The Balaban J connectivity index is 0.000000804. The first-order chi connectivity index (χ1) is 13.6. The Kier molecular flexibility index (Phi) is 9.01. The highest BCUT2D eigenvalue weighted by atomic mass is 32.2. The molecule has 0 aliphatic rings. The molecule has 0 aliphatic heterocycles. The quantitative estimate of drug-likeness (QED) is 0.384. The van der Waals surface area contributed by atoms with Gasteiger partial charge in [-0.25, -0.2) is 4.39 Å². The van der Waals surface area contributed by atoms with Crippen LogP contribution in [-0.4, -0.2) is 25.8 Å². The number of hydrogen-bond acceptors (Lipinski definition) is 3. The fourth-order valence-corrected chi connectivity index (χ4v) is 2.55. The molecule has 0 aromatic heterocycles. The summed E-state index contributed by atoms with van der Waals surface area (Å²) in [5.41, 5.74) is 1.83. The summed E-state index contributed by atoms with van der Waals surface area (Å²) in [6.45, 7) is 7.53. The van der Waals surface area contributed by atoms with Gasteiger partial charge < -0.3 is 5.32 Å². The first kappa shape index (κ1) is 26.1. The Morgan fingerprint density at radius 1 is 0.933 bits per heavy atom. The normalized spacial score (nSPS) is 12.3. The van der Waals surface area contributed by atoms with Gasteiger partial charge in [-0.3, -0.25) is 4.55 Å². The van der Waals surface area contributed by atoms with Gasteiger partial charge in [-0.1, -0.05) is 45.0 Å². The van der Waals surface area contributed by atoms with Gasteiger partial charge in [0.2, 0.25) is 0 Å². The number of benzene rings is 2. The standard InChI is InChI=1S/C20H23F4N.CH4O3S/c1-19(2,3)16-6-4-14(5-7-16)13-25-9-8-15-10-17(20(22,23)24)12-18(21)11-15;1-5(2,3)4/h4-7,10-12,25H,8-9,13H2,1-3H3;1H3,(H,2,3,4). The lowest BCUT2D eigenvalue weighted by Crippen LogP contribution is -2.17. The molecule has 0 atom stereocenters. The van der Waals surface area contributed by atoms with Gasteiger partial charge in [0.1, 0.15) is 5.82 Å². The highest BCUT2D eigenvalue weighted by molar-refractivity contribution is 7.85. The van der Waals surface area contributed by atoms with E-state index in [-0.39, 0.29) is 5.41 Å². The summed E-state index contributed by atoms with van der Waals surface area (Å²) in [4.78, 5) is 0. The topological polar surface area (TPSA) is 66.4 Å². The van der Waals surface area contributed by atoms with Crippen molar-refractivity contribution in [3.63, 3.8) is 0 Å². The molecule has 0 unspecified atom stereocenters. The summed E-state index contributed by atoms with van der Waals surface area (Å²) in [5, 5.41) is 3.18. The van der Waals surface area contributed by atoms with E-state index in [1.54, 1.807) is 0 Å². The van der Waals surface area contributed by atoms with Gasteiger partial charge in [0.05, 0.1) is 11.8 Å². The highest BCUT2D eigenvalue weighted by Crippen LogP contribution is 2.30. The zero-order chi connectivity index (χ0) is 23.2. The van der Waals surface area contributed by atoms with Crippen molar-refractivity contribution in [3.05, 3.63) is 70.5 Å². The molecular formula is C21H27F4NO3S. The van der Waals surface area contributed by atoms with Crippen LogP contribution in [0.5, 0.6) is 0 Å². The van der Waals surface area contributed by atoms with Crippen molar-refractivity contribution >= 4 is 10.1 Å². The third kappa shape index (κ3) is 10.7. The lowest BCUT2D eigenvalue weighted by atomic mass is 9.87. The maximum Gasteiger partial charge on any atom is 0.416 e. The van der Waals surface area contributed by atoms with Crippen LogP contribution in [0.3, 0.4) is 0 Å². The van der Waals surface area contributed by atoms with Crippen molar-refractivity contribution in [2.24, 2.45) is 0 Å². The van der Waals surface area contributed by atoms with Crippen LogP contribution in [0, 0.1) is 5.82 Å². The van der Waals surface area contributed by atoms with E-state index in [2.05, 4.69) is 38.2 Å². The zero-order valence-corrected chi connectivity index (χ0v) is 18.2. The fourth-order valence-electron chi connectivity index (χ4n) is 2.55. The van der Waals surface area contributed by atoms with Crippen LogP contribution in [0.25, 0.3) is 0 Å². The zero-order valence-electron chi connectivity index (χ0n) is 17.3. The predicted octanol–water partition coefficient (Wildman–Crippen LogP) is 4.98. The summed E-state index contributed by atoms with van der Waals surface area (Å²) in [7, 11) is -3.67. The molecule has 0 aliphatic carbocycles. The average molecular weight is 450 g/mol. The molecule has 0 heterocycles. The van der Waals surface area contributed by atoms with Gasteiger partial charge in [-0.05, 0) is 53.3 Å². The van der Waals surface area contributed by atoms with Crippen LogP contribution in [0.15, 0.2) is 42.5 Å². The Hall–Kier alpha value is -1.97. The van der Waals surface area contributed by atoms with E-state index in [4.69, 9.17) is 4.55 Å². The van der Waals surface area contributed by atoms with E-state index in [1.165, 1.54) is 5.56 Å². The molecule has 2 rings (SSSR count). The molecule has 0 spiro atoms. The molecule has 2 aromatic rings. The summed E-state index contributed by atoms with van der Waals surface area (Å²) < 4.78 is 77.3. The molecule has 2 N–H and O–H groups in total. The van der Waals surface area contributed by atoms with Crippen molar-refractivity contribution in [1.29, 1.82) is 0 Å². The predicted molar refractivity (Wildman–Crippen MR) is 109 cm³/mol. The molecule has 168 valence electrons. The second kappa shape index (κ2) is 10.4. The Labute approximate surface area is 175 Å². The average Bonchev–Trinajstić information content (AvgIpc) is 2.56. The Morgan fingerprint density at radius 3 is 1.93 bits per heavy atom. The molecule has 0 radical (unpaired) electrons. The van der Waals surface area contributed by atoms with E-state index in [9.17, 15) is 26.0 Å². The number of hydrogen-bond donors (Lipinski definition) is 2. The molecule has 0 fully saturated rings.